The number of amidine groups is 1. The quantitative estimate of drug-likeness (QED) is 0.188. The second-order valence-corrected chi connectivity index (χ2v) is 9.37. The molecule has 12 heteroatoms. The van der Waals surface area contributed by atoms with E-state index in [1.54, 1.807) is 30.5 Å². The Kier molecular flexibility index (Phi) is 10.5. The number of nitrogens with zero attached hydrogens (tertiary/aromatic N) is 1. The van der Waals surface area contributed by atoms with Gasteiger partial charge in [0.15, 0.2) is 0 Å². The number of amides is 3. The maximum Gasteiger partial charge on any atom is 0.251 e. The Morgan fingerprint density at radius 2 is 1.69 bits per heavy atom. The van der Waals surface area contributed by atoms with Crippen molar-refractivity contribution in [2.75, 3.05) is 19.8 Å². The predicted octanol–water partition coefficient (Wildman–Crippen LogP) is 3.59. The molecule has 0 fully saturated rings. The molecule has 9 nitrogen and oxygen atoms in total. The molecule has 3 rings (SSSR count). The number of rotatable bonds is 13. The molecule has 0 radical (unpaired) electrons. The van der Waals surface area contributed by atoms with Gasteiger partial charge in [0.25, 0.3) is 5.91 Å². The molecule has 0 aliphatic heterocycles. The van der Waals surface area contributed by atoms with Crippen LogP contribution in [0.5, 0.6) is 11.5 Å². The third-order valence-electron chi connectivity index (χ3n) is 5.69. The molecule has 0 saturated heterocycles. The number of nitrogen functional groups attached to an aromatic ring is 1. The molecular formula is C27H29F2N5O4S. The number of carbonyl (C=O) groups is 3. The van der Waals surface area contributed by atoms with E-state index in [0.29, 0.717) is 17.1 Å². The lowest BCUT2D eigenvalue weighted by atomic mass is 10.1. The van der Waals surface area contributed by atoms with Gasteiger partial charge in [-0.2, -0.15) is 0 Å². The van der Waals surface area contributed by atoms with E-state index in [4.69, 9.17) is 15.9 Å². The Hall–Kier alpha value is -4.32. The topological polar surface area (TPSA) is 138 Å². The van der Waals surface area contributed by atoms with Crippen LogP contribution in [0, 0.1) is 11.2 Å². The van der Waals surface area contributed by atoms with E-state index in [-0.39, 0.29) is 43.3 Å². The average molecular weight is 558 g/mol. The molecule has 39 heavy (non-hydrogen) atoms. The smallest absolute Gasteiger partial charge is 0.251 e. The summed E-state index contributed by atoms with van der Waals surface area (Å²) in [5.74, 6) is -1.18. The molecule has 0 bridgehead atoms. The maximum atomic E-state index is 13.3. The normalized spacial score (nSPS) is 11.4. The van der Waals surface area contributed by atoms with Crippen molar-refractivity contribution in [1.29, 1.82) is 5.41 Å². The minimum absolute atomic E-state index is 0.0850. The largest absolute Gasteiger partial charge is 0.457 e. The maximum absolute atomic E-state index is 13.3. The lowest BCUT2D eigenvalue weighted by Gasteiger charge is -2.29. The van der Waals surface area contributed by atoms with Gasteiger partial charge in [-0.05, 0) is 61.5 Å². The molecule has 206 valence electrons. The number of halogens is 2. The van der Waals surface area contributed by atoms with Crippen LogP contribution in [0.15, 0.2) is 60.0 Å². The van der Waals surface area contributed by atoms with Gasteiger partial charge in [0.1, 0.15) is 29.2 Å². The fourth-order valence-electron chi connectivity index (χ4n) is 3.68. The van der Waals surface area contributed by atoms with Gasteiger partial charge in [-0.1, -0.05) is 0 Å². The molecule has 0 aliphatic carbocycles. The zero-order valence-corrected chi connectivity index (χ0v) is 22.0. The minimum atomic E-state index is -1.06. The molecule has 0 aliphatic rings. The van der Waals surface area contributed by atoms with Crippen LogP contribution >= 0.6 is 11.3 Å². The van der Waals surface area contributed by atoms with Crippen LogP contribution in [0.2, 0.25) is 0 Å². The van der Waals surface area contributed by atoms with Crippen molar-refractivity contribution in [2.24, 2.45) is 5.73 Å². The van der Waals surface area contributed by atoms with Crippen molar-refractivity contribution in [2.45, 2.75) is 25.9 Å². The van der Waals surface area contributed by atoms with Crippen molar-refractivity contribution in [3.05, 3.63) is 81.8 Å². The standard InChI is InChI=1S/C27H29F2N5O4S/c1-2-34(23(11-12-28)27(37)32-14-22-13-18(16-39-22)25(30)31)24(35)15-33-26(36)17-3-7-20(8-4-17)38-21-9-5-19(29)6-10-21/h3-10,13,16,23H,2,11-12,14-15H2,1H3,(H3,30,31)(H,32,37)(H,33,36). The number of nitrogens with one attached hydrogen (secondary N) is 3. The van der Waals surface area contributed by atoms with E-state index in [0.717, 1.165) is 4.88 Å². The number of thiophene rings is 1. The predicted molar refractivity (Wildman–Crippen MR) is 144 cm³/mol. The second kappa shape index (κ2) is 14.0. The molecule has 1 unspecified atom stereocenters. The van der Waals surface area contributed by atoms with Crippen molar-refractivity contribution in [3.63, 3.8) is 0 Å². The lowest BCUT2D eigenvalue weighted by molar-refractivity contribution is -0.140. The number of likely N-dealkylation sites (N-methyl/N-ethyl adjacent to an activating group) is 1. The molecule has 5 N–H and O–H groups in total. The van der Waals surface area contributed by atoms with Crippen molar-refractivity contribution in [3.8, 4) is 11.5 Å². The summed E-state index contributed by atoms with van der Waals surface area (Å²) in [6.07, 6.45) is -0.196. The molecular weight excluding hydrogens is 528 g/mol. The first-order valence-electron chi connectivity index (χ1n) is 12.1. The molecule has 2 aromatic carbocycles. The van der Waals surface area contributed by atoms with E-state index in [2.05, 4.69) is 10.6 Å². The molecule has 0 spiro atoms. The van der Waals surface area contributed by atoms with E-state index in [1.807, 2.05) is 0 Å². The summed E-state index contributed by atoms with van der Waals surface area (Å²) in [6, 6.07) is 12.3. The third-order valence-corrected chi connectivity index (χ3v) is 6.63. The summed E-state index contributed by atoms with van der Waals surface area (Å²) in [6.45, 7) is 0.743. The van der Waals surface area contributed by atoms with Crippen LogP contribution in [-0.2, 0) is 16.1 Å². The number of ether oxygens (including phenoxy) is 1. The SMILES string of the molecule is CCN(C(=O)CNC(=O)c1ccc(Oc2ccc(F)cc2)cc1)C(CCF)C(=O)NCc1cc(C(=N)N)cs1. The highest BCUT2D eigenvalue weighted by Gasteiger charge is 2.28. The average Bonchev–Trinajstić information content (AvgIpc) is 3.41. The van der Waals surface area contributed by atoms with Gasteiger partial charge in [-0.15, -0.1) is 11.3 Å². The number of hydrogen-bond donors (Lipinski definition) is 4. The fraction of sp³-hybridized carbons (Fsp3) is 0.259. The van der Waals surface area contributed by atoms with Gasteiger partial charge in [-0.25, -0.2) is 4.39 Å². The van der Waals surface area contributed by atoms with Gasteiger partial charge < -0.3 is 26.0 Å². The van der Waals surface area contributed by atoms with E-state index >= 15 is 0 Å². The van der Waals surface area contributed by atoms with E-state index in [9.17, 15) is 23.2 Å². The zero-order chi connectivity index (χ0) is 28.4. The highest BCUT2D eigenvalue weighted by Crippen LogP contribution is 2.22. The van der Waals surface area contributed by atoms with Crippen LogP contribution in [0.3, 0.4) is 0 Å². The minimum Gasteiger partial charge on any atom is -0.457 e. The Bertz CT molecular complexity index is 1300. The first-order valence-corrected chi connectivity index (χ1v) is 13.0. The lowest BCUT2D eigenvalue weighted by Crippen LogP contribution is -2.52. The van der Waals surface area contributed by atoms with Crippen LogP contribution in [0.25, 0.3) is 0 Å². The number of carbonyl (C=O) groups excluding carboxylic acids is 3. The van der Waals surface area contributed by atoms with Crippen LogP contribution in [-0.4, -0.2) is 54.3 Å². The first kappa shape index (κ1) is 29.2. The molecule has 1 aromatic heterocycles. The Balaban J connectivity index is 1.55. The van der Waals surface area contributed by atoms with E-state index in [1.165, 1.54) is 52.6 Å². The van der Waals surface area contributed by atoms with Crippen molar-refractivity contribution < 1.29 is 27.9 Å². The molecule has 1 heterocycles. The monoisotopic (exact) mass is 557 g/mol. The second-order valence-electron chi connectivity index (χ2n) is 8.37. The van der Waals surface area contributed by atoms with Gasteiger partial charge in [0, 0.05) is 34.3 Å². The zero-order valence-electron chi connectivity index (χ0n) is 21.2. The summed E-state index contributed by atoms with van der Waals surface area (Å²) < 4.78 is 31.9. The summed E-state index contributed by atoms with van der Waals surface area (Å²) in [7, 11) is 0. The molecule has 1 atom stereocenters. The van der Waals surface area contributed by atoms with Crippen LogP contribution < -0.4 is 21.1 Å². The Morgan fingerprint density at radius 1 is 1.05 bits per heavy atom. The highest BCUT2D eigenvalue weighted by molar-refractivity contribution is 7.10. The van der Waals surface area contributed by atoms with E-state index < -0.39 is 30.4 Å². The molecule has 3 amide bonds. The number of hydrogen-bond acceptors (Lipinski definition) is 6. The summed E-state index contributed by atoms with van der Waals surface area (Å²) in [5.41, 5.74) is 6.28. The van der Waals surface area contributed by atoms with Crippen molar-refractivity contribution in [1.82, 2.24) is 15.5 Å². The third kappa shape index (κ3) is 8.34. The summed E-state index contributed by atoms with van der Waals surface area (Å²) in [5, 5.41) is 14.4. The van der Waals surface area contributed by atoms with Gasteiger partial charge >= 0.3 is 0 Å². The van der Waals surface area contributed by atoms with Gasteiger partial charge in [0.05, 0.1) is 19.8 Å². The number of benzene rings is 2. The molecule has 3 aromatic rings. The highest BCUT2D eigenvalue weighted by atomic mass is 32.1. The fourth-order valence-corrected chi connectivity index (χ4v) is 4.51. The number of nitrogens with two attached hydrogens (primary N) is 1. The Morgan fingerprint density at radius 3 is 2.26 bits per heavy atom. The van der Waals surface area contributed by atoms with Crippen LogP contribution in [0.1, 0.15) is 34.1 Å². The molecule has 0 saturated carbocycles. The number of alkyl halides is 1. The van der Waals surface area contributed by atoms with Gasteiger partial charge in [0.2, 0.25) is 11.8 Å². The Labute approximate surface area is 228 Å². The van der Waals surface area contributed by atoms with Crippen molar-refractivity contribution >= 4 is 34.9 Å². The van der Waals surface area contributed by atoms with Crippen LogP contribution in [0.4, 0.5) is 8.78 Å². The summed E-state index contributed by atoms with van der Waals surface area (Å²) >= 11 is 1.32. The van der Waals surface area contributed by atoms with Gasteiger partial charge in [-0.3, -0.25) is 24.2 Å². The summed E-state index contributed by atoms with van der Waals surface area (Å²) in [4.78, 5) is 40.3. The first-order chi connectivity index (χ1) is 18.7.